The molecule has 0 radical (unpaired) electrons. The van der Waals surface area contributed by atoms with Crippen LogP contribution in [0.2, 0.25) is 0 Å². The predicted molar refractivity (Wildman–Crippen MR) is 82.8 cm³/mol. The van der Waals surface area contributed by atoms with E-state index in [-0.39, 0.29) is 0 Å². The third kappa shape index (κ3) is 2.36. The molecule has 0 spiro atoms. The van der Waals surface area contributed by atoms with Gasteiger partial charge >= 0.3 is 0 Å². The molecule has 1 N–H and O–H groups in total. The second-order valence-corrected chi connectivity index (χ2v) is 5.40. The third-order valence-corrected chi connectivity index (χ3v) is 4.10. The smallest absolute Gasteiger partial charge is 0.238 e. The summed E-state index contributed by atoms with van der Waals surface area (Å²) in [6, 6.07) is 8.51. The zero-order valence-corrected chi connectivity index (χ0v) is 12.4. The molecule has 0 saturated carbocycles. The Morgan fingerprint density at radius 2 is 2.10 bits per heavy atom. The number of rotatable bonds is 5. The van der Waals surface area contributed by atoms with Gasteiger partial charge in [-0.1, -0.05) is 19.1 Å². The van der Waals surface area contributed by atoms with Crippen molar-refractivity contribution >= 4 is 22.0 Å². The average molecular weight is 287 g/mol. The van der Waals surface area contributed by atoms with Gasteiger partial charge < -0.3 is 10.1 Å². The second kappa shape index (κ2) is 5.54. The molecule has 4 nitrogen and oxygen atoms in total. The molecule has 3 rings (SSSR count). The van der Waals surface area contributed by atoms with Crippen LogP contribution < -0.4 is 10.1 Å². The molecule has 0 saturated heterocycles. The molecule has 2 heterocycles. The molecule has 0 bridgehead atoms. The zero-order chi connectivity index (χ0) is 13.9. The van der Waals surface area contributed by atoms with Gasteiger partial charge in [-0.15, -0.1) is 11.3 Å². The first-order valence-electron chi connectivity index (χ1n) is 6.63. The van der Waals surface area contributed by atoms with Gasteiger partial charge in [0.2, 0.25) is 5.88 Å². The first kappa shape index (κ1) is 13.0. The highest BCUT2D eigenvalue weighted by Crippen LogP contribution is 2.24. The number of methoxy groups -OCH3 is 1. The lowest BCUT2D eigenvalue weighted by Gasteiger charge is -2.08. The van der Waals surface area contributed by atoms with Crippen molar-refractivity contribution < 1.29 is 4.74 Å². The lowest BCUT2D eigenvalue weighted by Crippen LogP contribution is -2.03. The highest BCUT2D eigenvalue weighted by molar-refractivity contribution is 7.15. The highest BCUT2D eigenvalue weighted by atomic mass is 32.1. The van der Waals surface area contributed by atoms with Crippen molar-refractivity contribution in [2.75, 3.05) is 12.4 Å². The van der Waals surface area contributed by atoms with E-state index in [0.29, 0.717) is 12.4 Å². The quantitative estimate of drug-likeness (QED) is 0.779. The molecule has 5 heteroatoms. The molecule has 104 valence electrons. The molecule has 0 amide bonds. The Morgan fingerprint density at radius 3 is 2.80 bits per heavy atom. The third-order valence-electron chi connectivity index (χ3n) is 3.34. The summed E-state index contributed by atoms with van der Waals surface area (Å²) in [4.78, 5) is 5.41. The number of hydrogen-bond donors (Lipinski definition) is 1. The van der Waals surface area contributed by atoms with Gasteiger partial charge in [-0.25, -0.2) is 0 Å². The number of aryl methyl sites for hydroxylation is 1. The Kier molecular flexibility index (Phi) is 3.60. The lowest BCUT2D eigenvalue weighted by atomic mass is 10.1. The Labute approximate surface area is 122 Å². The van der Waals surface area contributed by atoms with Crippen LogP contribution in [0.3, 0.4) is 0 Å². The summed E-state index contributed by atoms with van der Waals surface area (Å²) in [5.74, 6) is 0.689. The number of nitrogens with zero attached hydrogens (tertiary/aromatic N) is 2. The molecule has 20 heavy (non-hydrogen) atoms. The fourth-order valence-electron chi connectivity index (χ4n) is 2.18. The first-order valence-corrected chi connectivity index (χ1v) is 7.51. The minimum Gasteiger partial charge on any atom is -0.480 e. The first-order chi connectivity index (χ1) is 9.81. The molecule has 2 aromatic heterocycles. The number of hydrogen-bond acceptors (Lipinski definition) is 4. The predicted octanol–water partition coefficient (Wildman–Crippen LogP) is 3.58. The van der Waals surface area contributed by atoms with Crippen LogP contribution in [-0.2, 0) is 13.0 Å². The van der Waals surface area contributed by atoms with E-state index in [1.165, 1.54) is 5.56 Å². The summed E-state index contributed by atoms with van der Waals surface area (Å²) in [6.07, 6.45) is 3.08. The van der Waals surface area contributed by atoms with Gasteiger partial charge in [-0.2, -0.15) is 4.98 Å². The normalized spacial score (nSPS) is 10.9. The Hall–Kier alpha value is -2.01. The molecule has 0 atom stereocenters. The molecular formula is C15H17N3OS. The van der Waals surface area contributed by atoms with Crippen molar-refractivity contribution in [2.45, 2.75) is 19.9 Å². The summed E-state index contributed by atoms with van der Waals surface area (Å²) in [7, 11) is 1.66. The van der Waals surface area contributed by atoms with E-state index in [1.54, 1.807) is 18.4 Å². The monoisotopic (exact) mass is 287 g/mol. The SMILES string of the molecule is CCc1ccc(NCc2c(OC)nc3sccn23)cc1. The van der Waals surface area contributed by atoms with Crippen LogP contribution in [0.1, 0.15) is 18.2 Å². The van der Waals surface area contributed by atoms with Crippen molar-refractivity contribution in [3.8, 4) is 5.88 Å². The minimum absolute atomic E-state index is 0.687. The van der Waals surface area contributed by atoms with Crippen molar-refractivity contribution in [1.29, 1.82) is 0 Å². The van der Waals surface area contributed by atoms with Crippen molar-refractivity contribution in [2.24, 2.45) is 0 Å². The summed E-state index contributed by atoms with van der Waals surface area (Å²) in [5, 5.41) is 5.45. The van der Waals surface area contributed by atoms with Crippen molar-refractivity contribution in [1.82, 2.24) is 9.38 Å². The van der Waals surface area contributed by atoms with E-state index in [9.17, 15) is 0 Å². The maximum absolute atomic E-state index is 5.35. The topological polar surface area (TPSA) is 38.6 Å². The summed E-state index contributed by atoms with van der Waals surface area (Å²) in [6.45, 7) is 2.85. The number of nitrogens with one attached hydrogen (secondary N) is 1. The number of ether oxygens (including phenoxy) is 1. The van der Waals surface area contributed by atoms with Crippen molar-refractivity contribution in [3.63, 3.8) is 0 Å². The van der Waals surface area contributed by atoms with Gasteiger partial charge in [-0.3, -0.25) is 4.40 Å². The summed E-state index contributed by atoms with van der Waals surface area (Å²) in [5.41, 5.74) is 3.50. The molecule has 0 aliphatic heterocycles. The van der Waals surface area contributed by atoms with E-state index in [1.807, 2.05) is 11.6 Å². The zero-order valence-electron chi connectivity index (χ0n) is 11.6. The average Bonchev–Trinajstić information content (AvgIpc) is 3.06. The minimum atomic E-state index is 0.687. The number of anilines is 1. The van der Waals surface area contributed by atoms with E-state index in [2.05, 4.69) is 45.9 Å². The highest BCUT2D eigenvalue weighted by Gasteiger charge is 2.13. The van der Waals surface area contributed by atoms with E-state index in [0.717, 1.165) is 22.8 Å². The lowest BCUT2D eigenvalue weighted by molar-refractivity contribution is 0.395. The fourth-order valence-corrected chi connectivity index (χ4v) is 2.91. The fraction of sp³-hybridized carbons (Fsp3) is 0.267. The number of thiazole rings is 1. The Bertz CT molecular complexity index is 700. The van der Waals surface area contributed by atoms with E-state index < -0.39 is 0 Å². The molecule has 3 aromatic rings. The van der Waals surface area contributed by atoms with Crippen LogP contribution in [0.5, 0.6) is 5.88 Å². The Balaban J connectivity index is 1.80. The number of fused-ring (bicyclic) bond motifs is 1. The molecule has 0 unspecified atom stereocenters. The maximum atomic E-state index is 5.35. The molecular weight excluding hydrogens is 270 g/mol. The van der Waals surface area contributed by atoms with Gasteiger partial charge in [0, 0.05) is 17.3 Å². The molecule has 0 aliphatic rings. The number of imidazole rings is 1. The van der Waals surface area contributed by atoms with Gasteiger partial charge in [0.25, 0.3) is 0 Å². The van der Waals surface area contributed by atoms with Crippen LogP contribution in [0.4, 0.5) is 5.69 Å². The summed E-state index contributed by atoms with van der Waals surface area (Å²) < 4.78 is 7.41. The van der Waals surface area contributed by atoms with Gasteiger partial charge in [0.1, 0.15) is 5.69 Å². The maximum Gasteiger partial charge on any atom is 0.238 e. The van der Waals surface area contributed by atoms with Gasteiger partial charge in [-0.05, 0) is 24.1 Å². The number of aromatic nitrogens is 2. The van der Waals surface area contributed by atoms with Crippen LogP contribution in [0.15, 0.2) is 35.8 Å². The van der Waals surface area contributed by atoms with Crippen molar-refractivity contribution in [3.05, 3.63) is 47.1 Å². The van der Waals surface area contributed by atoms with Crippen LogP contribution in [0, 0.1) is 0 Å². The standard InChI is InChI=1S/C15H17N3OS/c1-3-11-4-6-12(7-5-11)16-10-13-14(19-2)17-15-18(13)8-9-20-15/h4-9,16H,3,10H2,1-2H3. The van der Waals surface area contributed by atoms with E-state index in [4.69, 9.17) is 4.74 Å². The molecule has 1 aromatic carbocycles. The Morgan fingerprint density at radius 1 is 1.30 bits per heavy atom. The molecule has 0 fully saturated rings. The van der Waals surface area contributed by atoms with Crippen LogP contribution in [-0.4, -0.2) is 16.5 Å². The summed E-state index contributed by atoms with van der Waals surface area (Å²) >= 11 is 1.61. The van der Waals surface area contributed by atoms with E-state index >= 15 is 0 Å². The van der Waals surface area contributed by atoms with Crippen LogP contribution in [0.25, 0.3) is 4.96 Å². The molecule has 0 aliphatic carbocycles. The largest absolute Gasteiger partial charge is 0.480 e. The van der Waals surface area contributed by atoms with Gasteiger partial charge in [0.15, 0.2) is 4.96 Å². The van der Waals surface area contributed by atoms with Gasteiger partial charge in [0.05, 0.1) is 13.7 Å². The number of benzene rings is 1. The second-order valence-electron chi connectivity index (χ2n) is 4.53. The van der Waals surface area contributed by atoms with Crippen LogP contribution >= 0.6 is 11.3 Å².